The lowest BCUT2D eigenvalue weighted by molar-refractivity contribution is 0.781. The van der Waals surface area contributed by atoms with Crippen molar-refractivity contribution >= 4 is 47.8 Å². The van der Waals surface area contributed by atoms with Gasteiger partial charge < -0.3 is 0 Å². The van der Waals surface area contributed by atoms with E-state index in [1.165, 1.54) is 30.1 Å². The maximum atomic E-state index is 3.81. The first kappa shape index (κ1) is 16.7. The zero-order valence-electron chi connectivity index (χ0n) is 11.9. The van der Waals surface area contributed by atoms with Gasteiger partial charge in [0.1, 0.15) is 0 Å². The number of benzene rings is 1. The first-order valence-corrected chi connectivity index (χ1v) is 8.78. The second-order valence-corrected chi connectivity index (χ2v) is 8.03. The summed E-state index contributed by atoms with van der Waals surface area (Å²) in [5, 5.41) is 0. The molecule has 0 N–H and O–H groups in total. The van der Waals surface area contributed by atoms with Crippen LogP contribution in [0.5, 0.6) is 0 Å². The minimum Gasteiger partial charge on any atom is -0.0586 e. The molecular weight excluding hydrogens is 420 g/mol. The zero-order valence-corrected chi connectivity index (χ0v) is 16.6. The van der Waals surface area contributed by atoms with Crippen molar-refractivity contribution in [2.24, 2.45) is 0 Å². The topological polar surface area (TPSA) is 0 Å². The average Bonchev–Trinajstić information content (AvgIpc) is 2.14. The molecule has 0 aliphatic rings. The van der Waals surface area contributed by atoms with Crippen LogP contribution in [0.1, 0.15) is 76.0 Å². The summed E-state index contributed by atoms with van der Waals surface area (Å²) in [7, 11) is 0. The van der Waals surface area contributed by atoms with Crippen molar-refractivity contribution in [3.05, 3.63) is 30.1 Å². The van der Waals surface area contributed by atoms with Crippen molar-refractivity contribution in [3.8, 4) is 0 Å². The molecule has 102 valence electrons. The molecule has 0 amide bonds. The van der Waals surface area contributed by atoms with E-state index >= 15 is 0 Å². The summed E-state index contributed by atoms with van der Waals surface area (Å²) >= 11 is 11.4. The molecule has 1 aromatic carbocycles. The van der Waals surface area contributed by atoms with Gasteiger partial charge in [-0.2, -0.15) is 0 Å². The highest BCUT2D eigenvalue weighted by Gasteiger charge is 2.24. The standard InChI is InChI=1S/C15H21Br3/c1-7(2)10-13(16)11(8(3)4)15(18)12(9(5)6)14(10)17/h7-9H,1-6H3. The molecule has 0 saturated heterocycles. The van der Waals surface area contributed by atoms with Gasteiger partial charge in [0.15, 0.2) is 0 Å². The molecule has 0 radical (unpaired) electrons. The molecule has 0 aliphatic carbocycles. The van der Waals surface area contributed by atoms with Gasteiger partial charge >= 0.3 is 0 Å². The van der Waals surface area contributed by atoms with Crippen molar-refractivity contribution in [3.63, 3.8) is 0 Å². The summed E-state index contributed by atoms with van der Waals surface area (Å²) < 4.78 is 3.74. The predicted octanol–water partition coefficient (Wildman–Crippen LogP) is 7.34. The first-order chi connectivity index (χ1) is 8.20. The summed E-state index contributed by atoms with van der Waals surface area (Å²) in [6.07, 6.45) is 0. The second kappa shape index (κ2) is 6.41. The number of hydrogen-bond donors (Lipinski definition) is 0. The van der Waals surface area contributed by atoms with E-state index in [2.05, 4.69) is 89.3 Å². The molecule has 0 bridgehead atoms. The summed E-state index contributed by atoms with van der Waals surface area (Å²) in [5.74, 6) is 1.49. The number of hydrogen-bond acceptors (Lipinski definition) is 0. The largest absolute Gasteiger partial charge is 0.0586 e. The molecule has 0 saturated carbocycles. The molecule has 1 aromatic rings. The highest BCUT2D eigenvalue weighted by Crippen LogP contribution is 2.46. The van der Waals surface area contributed by atoms with Gasteiger partial charge in [-0.25, -0.2) is 0 Å². The molecule has 18 heavy (non-hydrogen) atoms. The van der Waals surface area contributed by atoms with E-state index < -0.39 is 0 Å². The van der Waals surface area contributed by atoms with Crippen LogP contribution in [0.2, 0.25) is 0 Å². The van der Waals surface area contributed by atoms with Crippen LogP contribution < -0.4 is 0 Å². The van der Waals surface area contributed by atoms with Crippen LogP contribution in [0.15, 0.2) is 13.4 Å². The SMILES string of the molecule is CC(C)c1c(Br)c(C(C)C)c(Br)c(C(C)C)c1Br. The highest BCUT2D eigenvalue weighted by molar-refractivity contribution is 9.11. The molecule has 0 spiro atoms. The fraction of sp³-hybridized carbons (Fsp3) is 0.600. The van der Waals surface area contributed by atoms with E-state index in [1.54, 1.807) is 0 Å². The van der Waals surface area contributed by atoms with E-state index in [-0.39, 0.29) is 0 Å². The van der Waals surface area contributed by atoms with Crippen LogP contribution in [0.25, 0.3) is 0 Å². The van der Waals surface area contributed by atoms with E-state index in [1.807, 2.05) is 0 Å². The molecule has 1 rings (SSSR count). The highest BCUT2D eigenvalue weighted by atomic mass is 79.9. The van der Waals surface area contributed by atoms with Crippen LogP contribution in [0.3, 0.4) is 0 Å². The Morgan fingerprint density at radius 3 is 0.778 bits per heavy atom. The van der Waals surface area contributed by atoms with Gasteiger partial charge in [-0.3, -0.25) is 0 Å². The number of halogens is 3. The van der Waals surface area contributed by atoms with Gasteiger partial charge in [0, 0.05) is 13.4 Å². The maximum Gasteiger partial charge on any atom is 0.0267 e. The van der Waals surface area contributed by atoms with Crippen LogP contribution in [0, 0.1) is 0 Å². The minimum atomic E-state index is 0.497. The van der Waals surface area contributed by atoms with Crippen molar-refractivity contribution in [1.29, 1.82) is 0 Å². The summed E-state index contributed by atoms with van der Waals surface area (Å²) in [4.78, 5) is 0. The van der Waals surface area contributed by atoms with Gasteiger partial charge in [-0.05, 0) is 34.4 Å². The first-order valence-electron chi connectivity index (χ1n) is 6.40. The third-order valence-electron chi connectivity index (χ3n) is 3.15. The number of rotatable bonds is 3. The van der Waals surface area contributed by atoms with Crippen LogP contribution in [-0.2, 0) is 0 Å². The van der Waals surface area contributed by atoms with Gasteiger partial charge in [0.25, 0.3) is 0 Å². The fourth-order valence-corrected chi connectivity index (χ4v) is 6.98. The molecule has 3 heteroatoms. The fourth-order valence-electron chi connectivity index (χ4n) is 2.24. The Bertz CT molecular complexity index is 358. The average molecular weight is 441 g/mol. The van der Waals surface area contributed by atoms with Crippen LogP contribution in [0.4, 0.5) is 0 Å². The van der Waals surface area contributed by atoms with Crippen LogP contribution >= 0.6 is 47.8 Å². The Balaban J connectivity index is 3.76. The third kappa shape index (κ3) is 3.04. The van der Waals surface area contributed by atoms with E-state index in [0.29, 0.717) is 17.8 Å². The normalized spacial score (nSPS) is 12.0. The van der Waals surface area contributed by atoms with Gasteiger partial charge in [-0.1, -0.05) is 89.3 Å². The minimum absolute atomic E-state index is 0.497. The van der Waals surface area contributed by atoms with Gasteiger partial charge in [0.2, 0.25) is 0 Å². The van der Waals surface area contributed by atoms with Crippen molar-refractivity contribution in [2.45, 2.75) is 59.3 Å². The smallest absolute Gasteiger partial charge is 0.0267 e. The van der Waals surface area contributed by atoms with Crippen LogP contribution in [-0.4, -0.2) is 0 Å². The van der Waals surface area contributed by atoms with Crippen molar-refractivity contribution in [1.82, 2.24) is 0 Å². The molecule has 0 heterocycles. The molecule has 0 atom stereocenters. The monoisotopic (exact) mass is 438 g/mol. The molecule has 0 aromatic heterocycles. The summed E-state index contributed by atoms with van der Waals surface area (Å²) in [6.45, 7) is 13.5. The quantitative estimate of drug-likeness (QED) is 0.461. The second-order valence-electron chi connectivity index (χ2n) is 5.65. The Hall–Kier alpha value is 0.660. The molecule has 0 unspecified atom stereocenters. The Labute approximate surface area is 136 Å². The Morgan fingerprint density at radius 1 is 0.500 bits per heavy atom. The lowest BCUT2D eigenvalue weighted by Gasteiger charge is -2.24. The summed E-state index contributed by atoms with van der Waals surface area (Å²) in [5.41, 5.74) is 4.14. The van der Waals surface area contributed by atoms with Crippen molar-refractivity contribution < 1.29 is 0 Å². The van der Waals surface area contributed by atoms with Gasteiger partial charge in [0.05, 0.1) is 0 Å². The van der Waals surface area contributed by atoms with E-state index in [0.717, 1.165) is 0 Å². The van der Waals surface area contributed by atoms with E-state index in [4.69, 9.17) is 0 Å². The maximum absolute atomic E-state index is 3.81. The zero-order chi connectivity index (χ0) is 14.2. The summed E-state index contributed by atoms with van der Waals surface area (Å²) in [6, 6.07) is 0. The Morgan fingerprint density at radius 2 is 0.667 bits per heavy atom. The Kier molecular flexibility index (Phi) is 5.95. The van der Waals surface area contributed by atoms with Gasteiger partial charge in [-0.15, -0.1) is 0 Å². The molecule has 0 fully saturated rings. The van der Waals surface area contributed by atoms with Crippen molar-refractivity contribution in [2.75, 3.05) is 0 Å². The lowest BCUT2D eigenvalue weighted by atomic mass is 9.89. The molecule has 0 nitrogen and oxygen atoms in total. The third-order valence-corrected chi connectivity index (χ3v) is 5.71. The lowest BCUT2D eigenvalue weighted by Crippen LogP contribution is -2.05. The van der Waals surface area contributed by atoms with E-state index in [9.17, 15) is 0 Å². The molecular formula is C15H21Br3. The predicted molar refractivity (Wildman–Crippen MR) is 91.8 cm³/mol. The molecule has 0 aliphatic heterocycles.